The van der Waals surface area contributed by atoms with E-state index in [1.807, 2.05) is 53.4 Å². The van der Waals surface area contributed by atoms with Crippen molar-refractivity contribution in [2.45, 2.75) is 12.5 Å². The van der Waals surface area contributed by atoms with E-state index in [1.165, 1.54) is 0 Å². The number of carbonyl (C=O) groups is 1. The zero-order chi connectivity index (χ0) is 15.2. The number of rotatable bonds is 5. The van der Waals surface area contributed by atoms with Gasteiger partial charge in [0, 0.05) is 25.3 Å². The summed E-state index contributed by atoms with van der Waals surface area (Å²) in [5.41, 5.74) is 0. The van der Waals surface area contributed by atoms with Crippen LogP contribution in [-0.4, -0.2) is 41.5 Å². The lowest BCUT2D eigenvalue weighted by Crippen LogP contribution is -2.35. The maximum absolute atomic E-state index is 12.2. The van der Waals surface area contributed by atoms with E-state index in [4.69, 9.17) is 4.74 Å². The summed E-state index contributed by atoms with van der Waals surface area (Å²) in [4.78, 5) is 18.3. The largest absolute Gasteiger partial charge is 0.484 e. The number of nitrogens with zero attached hydrogens (tertiary/aromatic N) is 2. The van der Waals surface area contributed by atoms with Crippen molar-refractivity contribution in [2.24, 2.45) is 0 Å². The highest BCUT2D eigenvalue weighted by molar-refractivity contribution is 5.78. The van der Waals surface area contributed by atoms with E-state index >= 15 is 0 Å². The molecular formula is C17H19N3O2. The number of ether oxygens (including phenoxy) is 1. The van der Waals surface area contributed by atoms with Gasteiger partial charge < -0.3 is 15.0 Å². The van der Waals surface area contributed by atoms with E-state index < -0.39 is 0 Å². The molecule has 0 aliphatic carbocycles. The van der Waals surface area contributed by atoms with Crippen LogP contribution >= 0.6 is 0 Å². The van der Waals surface area contributed by atoms with Gasteiger partial charge in [-0.1, -0.05) is 24.3 Å². The normalized spacial score (nSPS) is 17.3. The van der Waals surface area contributed by atoms with E-state index in [-0.39, 0.29) is 18.6 Å². The summed E-state index contributed by atoms with van der Waals surface area (Å²) in [6.07, 6.45) is 2.68. The fourth-order valence-electron chi connectivity index (χ4n) is 2.51. The van der Waals surface area contributed by atoms with Crippen LogP contribution in [-0.2, 0) is 4.79 Å². The SMILES string of the molecule is O=C(COc1ccccc1)N1CC[C@H](Nc2ccccn2)C1. The second-order valence-electron chi connectivity index (χ2n) is 5.29. The van der Waals surface area contributed by atoms with Crippen LogP contribution in [0.25, 0.3) is 0 Å². The fourth-order valence-corrected chi connectivity index (χ4v) is 2.51. The number of hydrogen-bond acceptors (Lipinski definition) is 4. The molecule has 2 heterocycles. The number of pyridine rings is 1. The smallest absolute Gasteiger partial charge is 0.260 e. The molecule has 1 aliphatic heterocycles. The molecule has 3 rings (SSSR count). The summed E-state index contributed by atoms with van der Waals surface area (Å²) in [6, 6.07) is 15.4. The van der Waals surface area contributed by atoms with Gasteiger partial charge in [0.15, 0.2) is 6.61 Å². The number of benzene rings is 1. The van der Waals surface area contributed by atoms with Gasteiger partial charge in [0.05, 0.1) is 0 Å². The van der Waals surface area contributed by atoms with Gasteiger partial charge in [0.25, 0.3) is 5.91 Å². The molecule has 1 saturated heterocycles. The molecule has 5 heteroatoms. The van der Waals surface area contributed by atoms with Crippen LogP contribution in [0.15, 0.2) is 54.7 Å². The van der Waals surface area contributed by atoms with Gasteiger partial charge in [-0.2, -0.15) is 0 Å². The second-order valence-corrected chi connectivity index (χ2v) is 5.29. The van der Waals surface area contributed by atoms with Gasteiger partial charge in [-0.3, -0.25) is 4.79 Å². The number of amides is 1. The Bertz CT molecular complexity index is 604. The van der Waals surface area contributed by atoms with Crippen molar-refractivity contribution in [3.05, 3.63) is 54.7 Å². The maximum atomic E-state index is 12.2. The van der Waals surface area contributed by atoms with E-state index in [0.717, 1.165) is 24.5 Å². The Morgan fingerprint density at radius 3 is 2.82 bits per heavy atom. The van der Waals surface area contributed by atoms with Crippen LogP contribution in [0, 0.1) is 0 Å². The highest BCUT2D eigenvalue weighted by Crippen LogP contribution is 2.15. The van der Waals surface area contributed by atoms with E-state index in [9.17, 15) is 4.79 Å². The molecule has 5 nitrogen and oxygen atoms in total. The molecule has 1 aromatic carbocycles. The first-order valence-electron chi connectivity index (χ1n) is 7.44. The van der Waals surface area contributed by atoms with Crippen molar-refractivity contribution >= 4 is 11.7 Å². The average molecular weight is 297 g/mol. The van der Waals surface area contributed by atoms with Crippen LogP contribution in [0.5, 0.6) is 5.75 Å². The molecule has 22 heavy (non-hydrogen) atoms. The van der Waals surface area contributed by atoms with Crippen LogP contribution in [0.2, 0.25) is 0 Å². The summed E-state index contributed by atoms with van der Waals surface area (Å²) in [6.45, 7) is 1.52. The second kappa shape index (κ2) is 6.93. The molecule has 1 N–H and O–H groups in total. The standard InChI is InChI=1S/C17H19N3O2/c21-17(13-22-15-6-2-1-3-7-15)20-11-9-14(12-20)19-16-8-4-5-10-18-16/h1-8,10,14H,9,11-13H2,(H,18,19)/t14-/m0/s1. The first kappa shape index (κ1) is 14.4. The molecule has 0 spiro atoms. The lowest BCUT2D eigenvalue weighted by Gasteiger charge is -2.17. The zero-order valence-electron chi connectivity index (χ0n) is 12.3. The van der Waals surface area contributed by atoms with Crippen LogP contribution in [0.1, 0.15) is 6.42 Å². The third-order valence-corrected chi connectivity index (χ3v) is 3.66. The van der Waals surface area contributed by atoms with Crippen molar-refractivity contribution in [1.29, 1.82) is 0 Å². The molecule has 2 aromatic rings. The molecule has 0 unspecified atom stereocenters. The minimum Gasteiger partial charge on any atom is -0.484 e. The Hall–Kier alpha value is -2.56. The Morgan fingerprint density at radius 1 is 1.23 bits per heavy atom. The lowest BCUT2D eigenvalue weighted by atomic mass is 10.2. The van der Waals surface area contributed by atoms with Gasteiger partial charge in [-0.15, -0.1) is 0 Å². The van der Waals surface area contributed by atoms with E-state index in [1.54, 1.807) is 6.20 Å². The number of nitrogens with one attached hydrogen (secondary N) is 1. The fraction of sp³-hybridized carbons (Fsp3) is 0.294. The van der Waals surface area contributed by atoms with Gasteiger partial charge in [0.2, 0.25) is 0 Å². The quantitative estimate of drug-likeness (QED) is 0.919. The van der Waals surface area contributed by atoms with Crippen LogP contribution in [0.4, 0.5) is 5.82 Å². The maximum Gasteiger partial charge on any atom is 0.260 e. The summed E-state index contributed by atoms with van der Waals surface area (Å²) < 4.78 is 5.51. The number of para-hydroxylation sites is 1. The predicted octanol–water partition coefficient (Wildman–Crippen LogP) is 2.17. The van der Waals surface area contributed by atoms with Crippen molar-refractivity contribution in [3.8, 4) is 5.75 Å². The number of aromatic nitrogens is 1. The highest BCUT2D eigenvalue weighted by atomic mass is 16.5. The summed E-state index contributed by atoms with van der Waals surface area (Å²) in [5.74, 6) is 1.59. The van der Waals surface area contributed by atoms with Gasteiger partial charge in [-0.25, -0.2) is 4.98 Å². The van der Waals surface area contributed by atoms with Crippen LogP contribution < -0.4 is 10.1 Å². The van der Waals surface area contributed by atoms with E-state index in [0.29, 0.717) is 6.54 Å². The molecule has 0 bridgehead atoms. The molecule has 1 fully saturated rings. The third kappa shape index (κ3) is 3.75. The number of anilines is 1. The first-order chi connectivity index (χ1) is 10.8. The topological polar surface area (TPSA) is 54.5 Å². The molecule has 1 aliphatic rings. The monoisotopic (exact) mass is 297 g/mol. The molecule has 0 saturated carbocycles. The first-order valence-corrected chi connectivity index (χ1v) is 7.44. The Balaban J connectivity index is 1.46. The summed E-state index contributed by atoms with van der Waals surface area (Å²) in [5, 5.41) is 3.35. The number of hydrogen-bond donors (Lipinski definition) is 1. The number of carbonyl (C=O) groups excluding carboxylic acids is 1. The van der Waals surface area contributed by atoms with Gasteiger partial charge in [-0.05, 0) is 30.7 Å². The van der Waals surface area contributed by atoms with Crippen molar-refractivity contribution in [2.75, 3.05) is 25.0 Å². The lowest BCUT2D eigenvalue weighted by molar-refractivity contribution is -0.132. The third-order valence-electron chi connectivity index (χ3n) is 3.66. The summed E-state index contributed by atoms with van der Waals surface area (Å²) >= 11 is 0. The zero-order valence-corrected chi connectivity index (χ0v) is 12.3. The van der Waals surface area contributed by atoms with Gasteiger partial charge >= 0.3 is 0 Å². The Kier molecular flexibility index (Phi) is 4.53. The number of likely N-dealkylation sites (tertiary alicyclic amines) is 1. The average Bonchev–Trinajstić information content (AvgIpc) is 3.03. The minimum atomic E-state index is 0.0224. The van der Waals surface area contributed by atoms with Gasteiger partial charge in [0.1, 0.15) is 11.6 Å². The molecular weight excluding hydrogens is 278 g/mol. The van der Waals surface area contributed by atoms with Crippen molar-refractivity contribution < 1.29 is 9.53 Å². The molecule has 1 atom stereocenters. The minimum absolute atomic E-state index is 0.0224. The molecule has 1 aromatic heterocycles. The molecule has 1 amide bonds. The van der Waals surface area contributed by atoms with Crippen molar-refractivity contribution in [1.82, 2.24) is 9.88 Å². The predicted molar refractivity (Wildman–Crippen MR) is 84.8 cm³/mol. The molecule has 0 radical (unpaired) electrons. The van der Waals surface area contributed by atoms with E-state index in [2.05, 4.69) is 10.3 Å². The highest BCUT2D eigenvalue weighted by Gasteiger charge is 2.26. The van der Waals surface area contributed by atoms with Crippen molar-refractivity contribution in [3.63, 3.8) is 0 Å². The summed E-state index contributed by atoms with van der Waals surface area (Å²) in [7, 11) is 0. The Labute approximate surface area is 129 Å². The molecule has 114 valence electrons. The van der Waals surface area contributed by atoms with Crippen LogP contribution in [0.3, 0.4) is 0 Å². The Morgan fingerprint density at radius 2 is 2.05 bits per heavy atom.